The summed E-state index contributed by atoms with van der Waals surface area (Å²) in [6.07, 6.45) is 5.68. The molecule has 1 saturated heterocycles. The van der Waals surface area contributed by atoms with Gasteiger partial charge in [-0.3, -0.25) is 0 Å². The molecular weight excluding hydrogens is 516 g/mol. The van der Waals surface area contributed by atoms with Gasteiger partial charge in [0.2, 0.25) is 11.8 Å². The summed E-state index contributed by atoms with van der Waals surface area (Å²) < 4.78 is 33.5. The number of ether oxygens (including phenoxy) is 1. The van der Waals surface area contributed by atoms with Gasteiger partial charge in [-0.15, -0.1) is 0 Å². The van der Waals surface area contributed by atoms with E-state index in [0.717, 1.165) is 22.4 Å². The van der Waals surface area contributed by atoms with E-state index in [0.29, 0.717) is 61.4 Å². The Balaban J connectivity index is 1.46. The van der Waals surface area contributed by atoms with Crippen molar-refractivity contribution < 1.29 is 13.2 Å². The number of anilines is 3. The Morgan fingerprint density at radius 2 is 1.87 bits per heavy atom. The minimum atomic E-state index is -3.47. The Morgan fingerprint density at radius 1 is 1.13 bits per heavy atom. The molecule has 11 nitrogen and oxygen atoms in total. The lowest BCUT2D eigenvalue weighted by Gasteiger charge is -2.36. The zero-order valence-corrected chi connectivity index (χ0v) is 23.2. The van der Waals surface area contributed by atoms with Crippen LogP contribution in [0.2, 0.25) is 0 Å². The molecule has 1 aromatic heterocycles. The van der Waals surface area contributed by atoms with Crippen molar-refractivity contribution in [2.45, 2.75) is 20.3 Å². The Hall–Kier alpha value is -4.23. The second kappa shape index (κ2) is 11.7. The van der Waals surface area contributed by atoms with Crippen LogP contribution in [-0.2, 0) is 10.2 Å². The molecule has 4 rings (SSSR count). The number of rotatable bonds is 7. The predicted octanol–water partition coefficient (Wildman–Crippen LogP) is 3.47. The van der Waals surface area contributed by atoms with E-state index in [1.165, 1.54) is 28.8 Å². The SMILES string of the molecule is CC1=C/C(=C\C#N)CC(C)=C1Oc1ccnc(Nc2ccc(N3CCN(S(=O)(=O)N(C)C)CC3)c(C#N)c2)n1. The molecule has 39 heavy (non-hydrogen) atoms. The second-order valence-electron chi connectivity index (χ2n) is 9.43. The lowest BCUT2D eigenvalue weighted by Crippen LogP contribution is -2.51. The number of hydrogen-bond donors (Lipinski definition) is 1. The van der Waals surface area contributed by atoms with Gasteiger partial charge in [0, 0.05) is 64.3 Å². The van der Waals surface area contributed by atoms with E-state index in [1.54, 1.807) is 18.3 Å². The summed E-state index contributed by atoms with van der Waals surface area (Å²) in [5.74, 6) is 1.39. The van der Waals surface area contributed by atoms with Gasteiger partial charge in [-0.05, 0) is 55.2 Å². The zero-order chi connectivity index (χ0) is 28.2. The summed E-state index contributed by atoms with van der Waals surface area (Å²) in [6.45, 7) is 5.53. The molecule has 12 heteroatoms. The van der Waals surface area contributed by atoms with Gasteiger partial charge < -0.3 is 15.0 Å². The van der Waals surface area contributed by atoms with Crippen LogP contribution in [0, 0.1) is 22.7 Å². The van der Waals surface area contributed by atoms with Crippen molar-refractivity contribution >= 4 is 27.5 Å². The van der Waals surface area contributed by atoms with Crippen LogP contribution in [-0.4, -0.2) is 67.3 Å². The van der Waals surface area contributed by atoms with E-state index in [2.05, 4.69) is 27.4 Å². The van der Waals surface area contributed by atoms with E-state index >= 15 is 0 Å². The van der Waals surface area contributed by atoms with Gasteiger partial charge in [-0.1, -0.05) is 6.08 Å². The maximum Gasteiger partial charge on any atom is 0.281 e. The van der Waals surface area contributed by atoms with Gasteiger partial charge in [-0.2, -0.15) is 32.5 Å². The standard InChI is InChI=1S/C27H30N8O3S/c1-19-15-21(7-9-28)16-20(2)26(19)38-25-8-10-30-27(32-25)31-23-5-6-24(22(17-23)18-29)34-11-13-35(14-12-34)39(36,37)33(3)4/h5-8,10,15,17H,11-14,16H2,1-4H3,(H,30,31,32)/b21-7+. The average Bonchev–Trinajstić information content (AvgIpc) is 2.91. The number of allylic oxidation sites excluding steroid dienone is 5. The van der Waals surface area contributed by atoms with Gasteiger partial charge >= 0.3 is 0 Å². The summed E-state index contributed by atoms with van der Waals surface area (Å²) in [5, 5.41) is 21.9. The van der Waals surface area contributed by atoms with Crippen LogP contribution in [0.25, 0.3) is 0 Å². The first-order valence-electron chi connectivity index (χ1n) is 12.3. The van der Waals surface area contributed by atoms with Crippen LogP contribution in [0.15, 0.2) is 65.1 Å². The zero-order valence-electron chi connectivity index (χ0n) is 22.3. The monoisotopic (exact) mass is 546 g/mol. The first-order valence-corrected chi connectivity index (χ1v) is 13.7. The predicted molar refractivity (Wildman–Crippen MR) is 148 cm³/mol. The quantitative estimate of drug-likeness (QED) is 0.517. The molecule has 0 bridgehead atoms. The van der Waals surface area contributed by atoms with Gasteiger partial charge in [0.15, 0.2) is 0 Å². The number of hydrogen-bond acceptors (Lipinski definition) is 9. The minimum Gasteiger partial charge on any atom is -0.439 e. The molecule has 1 aliphatic heterocycles. The summed E-state index contributed by atoms with van der Waals surface area (Å²) >= 11 is 0. The highest BCUT2D eigenvalue weighted by Gasteiger charge is 2.29. The smallest absolute Gasteiger partial charge is 0.281 e. The molecule has 0 atom stereocenters. The Bertz CT molecular complexity index is 1540. The lowest BCUT2D eigenvalue weighted by molar-refractivity contribution is 0.355. The fourth-order valence-corrected chi connectivity index (χ4v) is 5.61. The number of aromatic nitrogens is 2. The maximum absolute atomic E-state index is 12.4. The molecule has 0 amide bonds. The third-order valence-corrected chi connectivity index (χ3v) is 8.38. The summed E-state index contributed by atoms with van der Waals surface area (Å²) in [7, 11) is -0.430. The lowest BCUT2D eigenvalue weighted by atomic mass is 9.95. The number of nitriles is 2. The molecule has 1 N–H and O–H groups in total. The van der Waals surface area contributed by atoms with Crippen molar-refractivity contribution in [2.24, 2.45) is 0 Å². The van der Waals surface area contributed by atoms with Crippen LogP contribution < -0.4 is 15.0 Å². The van der Waals surface area contributed by atoms with Crippen molar-refractivity contribution in [1.29, 1.82) is 10.5 Å². The molecule has 0 radical (unpaired) electrons. The van der Waals surface area contributed by atoms with Crippen molar-refractivity contribution in [3.8, 4) is 18.0 Å². The molecular formula is C27H30N8O3S. The van der Waals surface area contributed by atoms with E-state index in [9.17, 15) is 13.7 Å². The highest BCUT2D eigenvalue weighted by Crippen LogP contribution is 2.31. The van der Waals surface area contributed by atoms with E-state index < -0.39 is 10.2 Å². The average molecular weight is 547 g/mol. The van der Waals surface area contributed by atoms with Crippen molar-refractivity contribution in [3.63, 3.8) is 0 Å². The largest absolute Gasteiger partial charge is 0.439 e. The molecule has 1 aliphatic carbocycles. The normalized spacial score (nSPS) is 17.6. The molecule has 2 aliphatic rings. The topological polar surface area (TPSA) is 138 Å². The summed E-state index contributed by atoms with van der Waals surface area (Å²) in [4.78, 5) is 10.8. The Morgan fingerprint density at radius 3 is 2.51 bits per heavy atom. The highest BCUT2D eigenvalue weighted by atomic mass is 32.2. The van der Waals surface area contributed by atoms with Gasteiger partial charge in [0.1, 0.15) is 11.8 Å². The molecule has 0 spiro atoms. The van der Waals surface area contributed by atoms with Gasteiger partial charge in [0.25, 0.3) is 10.2 Å². The number of nitrogens with one attached hydrogen (secondary N) is 1. The Labute approximate surface area is 229 Å². The fourth-order valence-electron chi connectivity index (χ4n) is 4.52. The number of piperazine rings is 1. The van der Waals surface area contributed by atoms with Crippen molar-refractivity contribution in [2.75, 3.05) is 50.5 Å². The molecule has 2 aromatic rings. The molecule has 202 valence electrons. The molecule has 1 aromatic carbocycles. The third-order valence-electron chi connectivity index (χ3n) is 6.44. The Kier molecular flexibility index (Phi) is 8.31. The van der Waals surface area contributed by atoms with E-state index in [4.69, 9.17) is 10.00 Å². The van der Waals surface area contributed by atoms with Crippen LogP contribution in [0.3, 0.4) is 0 Å². The van der Waals surface area contributed by atoms with E-state index in [-0.39, 0.29) is 0 Å². The van der Waals surface area contributed by atoms with Crippen LogP contribution in [0.1, 0.15) is 25.8 Å². The van der Waals surface area contributed by atoms with Crippen LogP contribution >= 0.6 is 0 Å². The van der Waals surface area contributed by atoms with Crippen molar-refractivity contribution in [3.05, 3.63) is 70.7 Å². The number of benzene rings is 1. The van der Waals surface area contributed by atoms with Crippen LogP contribution in [0.4, 0.5) is 17.3 Å². The highest BCUT2D eigenvalue weighted by molar-refractivity contribution is 7.86. The van der Waals surface area contributed by atoms with Gasteiger partial charge in [-0.25, -0.2) is 4.98 Å². The van der Waals surface area contributed by atoms with E-state index in [1.807, 2.05) is 37.0 Å². The number of nitrogens with zero attached hydrogens (tertiary/aromatic N) is 7. The fraction of sp³-hybridized carbons (Fsp3) is 0.333. The second-order valence-corrected chi connectivity index (χ2v) is 11.6. The molecule has 0 unspecified atom stereocenters. The minimum absolute atomic E-state index is 0.312. The van der Waals surface area contributed by atoms with Crippen molar-refractivity contribution in [1.82, 2.24) is 18.6 Å². The summed E-state index contributed by atoms with van der Waals surface area (Å²) in [6, 6.07) is 11.4. The third kappa shape index (κ3) is 6.26. The maximum atomic E-state index is 12.4. The first kappa shape index (κ1) is 27.8. The molecule has 1 fully saturated rings. The molecule has 0 saturated carbocycles. The molecule has 2 heterocycles. The van der Waals surface area contributed by atoms with Crippen LogP contribution in [0.5, 0.6) is 5.88 Å². The summed E-state index contributed by atoms with van der Waals surface area (Å²) in [5.41, 5.74) is 4.68. The first-order chi connectivity index (χ1) is 18.6. The van der Waals surface area contributed by atoms with Gasteiger partial charge in [0.05, 0.1) is 17.3 Å².